The van der Waals surface area contributed by atoms with E-state index in [9.17, 15) is 4.79 Å². The molecule has 1 aromatic carbocycles. The fourth-order valence-electron chi connectivity index (χ4n) is 2.26. The lowest BCUT2D eigenvalue weighted by Crippen LogP contribution is -2.37. The summed E-state index contributed by atoms with van der Waals surface area (Å²) in [6, 6.07) is 5.18. The van der Waals surface area contributed by atoms with Gasteiger partial charge in [0.15, 0.2) is 0 Å². The van der Waals surface area contributed by atoms with Crippen molar-refractivity contribution in [1.29, 1.82) is 0 Å². The average Bonchev–Trinajstić information content (AvgIpc) is 2.38. The molecule has 1 aliphatic rings. The van der Waals surface area contributed by atoms with Crippen molar-refractivity contribution in [3.63, 3.8) is 0 Å². The number of hydrogen-bond donors (Lipinski definition) is 1. The van der Waals surface area contributed by atoms with Gasteiger partial charge in [0.25, 0.3) is 5.91 Å². The summed E-state index contributed by atoms with van der Waals surface area (Å²) in [6.07, 6.45) is 2.15. The second kappa shape index (κ2) is 5.29. The van der Waals surface area contributed by atoms with Crippen LogP contribution in [-0.4, -0.2) is 31.0 Å². The van der Waals surface area contributed by atoms with E-state index in [0.29, 0.717) is 22.9 Å². The number of carbonyl (C=O) groups is 1. The van der Waals surface area contributed by atoms with Crippen molar-refractivity contribution in [2.45, 2.75) is 19.8 Å². The average molecular weight is 248 g/mol. The van der Waals surface area contributed by atoms with Crippen LogP contribution in [0, 0.1) is 5.92 Å². The van der Waals surface area contributed by atoms with Gasteiger partial charge >= 0.3 is 0 Å². The van der Waals surface area contributed by atoms with E-state index >= 15 is 0 Å². The van der Waals surface area contributed by atoms with E-state index in [1.54, 1.807) is 25.3 Å². The number of hydrogen-bond acceptors (Lipinski definition) is 3. The summed E-state index contributed by atoms with van der Waals surface area (Å²) in [7, 11) is 1.58. The van der Waals surface area contributed by atoms with E-state index in [1.165, 1.54) is 0 Å². The lowest BCUT2D eigenvalue weighted by atomic mass is 9.98. The van der Waals surface area contributed by atoms with Crippen LogP contribution in [0.5, 0.6) is 5.75 Å². The van der Waals surface area contributed by atoms with Crippen molar-refractivity contribution < 1.29 is 9.53 Å². The van der Waals surface area contributed by atoms with Gasteiger partial charge in [-0.2, -0.15) is 0 Å². The zero-order chi connectivity index (χ0) is 13.1. The summed E-state index contributed by atoms with van der Waals surface area (Å²) in [5, 5.41) is 0. The number of piperidine rings is 1. The van der Waals surface area contributed by atoms with Gasteiger partial charge in [-0.25, -0.2) is 0 Å². The second-order valence-corrected chi connectivity index (χ2v) is 4.97. The summed E-state index contributed by atoms with van der Waals surface area (Å²) in [5.74, 6) is 1.39. The third kappa shape index (κ3) is 2.75. The molecule has 1 amide bonds. The second-order valence-electron chi connectivity index (χ2n) is 4.97. The number of nitrogens with zero attached hydrogens (tertiary/aromatic N) is 1. The van der Waals surface area contributed by atoms with Crippen LogP contribution in [0.2, 0.25) is 0 Å². The first kappa shape index (κ1) is 12.7. The molecule has 0 aliphatic carbocycles. The Labute approximate surface area is 108 Å². The lowest BCUT2D eigenvalue weighted by molar-refractivity contribution is 0.0697. The minimum absolute atomic E-state index is 0.0486. The van der Waals surface area contributed by atoms with E-state index < -0.39 is 0 Å². The molecule has 1 aromatic rings. The van der Waals surface area contributed by atoms with Gasteiger partial charge in [-0.15, -0.1) is 0 Å². The maximum atomic E-state index is 12.3. The molecule has 1 fully saturated rings. The van der Waals surface area contributed by atoms with Gasteiger partial charge in [0.1, 0.15) is 5.75 Å². The van der Waals surface area contributed by atoms with E-state index in [1.807, 2.05) is 4.90 Å². The highest BCUT2D eigenvalue weighted by molar-refractivity contribution is 5.95. The monoisotopic (exact) mass is 248 g/mol. The van der Waals surface area contributed by atoms with Crippen molar-refractivity contribution in [2.75, 3.05) is 25.9 Å². The topological polar surface area (TPSA) is 55.6 Å². The SMILES string of the molecule is COc1cc(N)cc(C(=O)N2CCC(C)CC2)c1. The number of likely N-dealkylation sites (tertiary alicyclic amines) is 1. The molecule has 0 radical (unpaired) electrons. The molecule has 2 rings (SSSR count). The first-order valence-corrected chi connectivity index (χ1v) is 6.34. The molecule has 0 unspecified atom stereocenters. The number of amides is 1. The molecule has 0 saturated carbocycles. The minimum atomic E-state index is 0.0486. The third-order valence-electron chi connectivity index (χ3n) is 3.48. The van der Waals surface area contributed by atoms with Crippen LogP contribution in [0.4, 0.5) is 5.69 Å². The smallest absolute Gasteiger partial charge is 0.254 e. The van der Waals surface area contributed by atoms with E-state index in [2.05, 4.69) is 6.92 Å². The molecule has 4 nitrogen and oxygen atoms in total. The maximum Gasteiger partial charge on any atom is 0.254 e. The maximum absolute atomic E-state index is 12.3. The number of anilines is 1. The lowest BCUT2D eigenvalue weighted by Gasteiger charge is -2.30. The Hall–Kier alpha value is -1.71. The zero-order valence-corrected chi connectivity index (χ0v) is 11.0. The van der Waals surface area contributed by atoms with E-state index in [-0.39, 0.29) is 5.91 Å². The number of nitrogen functional groups attached to an aromatic ring is 1. The van der Waals surface area contributed by atoms with Crippen molar-refractivity contribution >= 4 is 11.6 Å². The standard InChI is InChI=1S/C14H20N2O2/c1-10-3-5-16(6-4-10)14(17)11-7-12(15)9-13(8-11)18-2/h7-10H,3-6,15H2,1-2H3. The van der Waals surface area contributed by atoms with Gasteiger partial charge in [0.05, 0.1) is 7.11 Å². The molecule has 0 aromatic heterocycles. The normalized spacial score (nSPS) is 16.7. The fraction of sp³-hybridized carbons (Fsp3) is 0.500. The predicted octanol–water partition coefficient (Wildman–Crippen LogP) is 2.15. The highest BCUT2D eigenvalue weighted by Gasteiger charge is 2.21. The van der Waals surface area contributed by atoms with Crippen LogP contribution < -0.4 is 10.5 Å². The van der Waals surface area contributed by atoms with Crippen molar-refractivity contribution in [1.82, 2.24) is 4.90 Å². The zero-order valence-electron chi connectivity index (χ0n) is 11.0. The summed E-state index contributed by atoms with van der Waals surface area (Å²) in [6.45, 7) is 3.89. The van der Waals surface area contributed by atoms with Crippen LogP contribution in [0.3, 0.4) is 0 Å². The highest BCUT2D eigenvalue weighted by atomic mass is 16.5. The Bertz CT molecular complexity index is 437. The van der Waals surface area contributed by atoms with Gasteiger partial charge in [-0.05, 0) is 30.9 Å². The summed E-state index contributed by atoms with van der Waals surface area (Å²) in [5.41, 5.74) is 6.94. The largest absolute Gasteiger partial charge is 0.497 e. The number of ether oxygens (including phenoxy) is 1. The van der Waals surface area contributed by atoms with Crippen LogP contribution in [-0.2, 0) is 0 Å². The summed E-state index contributed by atoms with van der Waals surface area (Å²) in [4.78, 5) is 14.2. The van der Waals surface area contributed by atoms with Gasteiger partial charge in [-0.1, -0.05) is 6.92 Å². The summed E-state index contributed by atoms with van der Waals surface area (Å²) >= 11 is 0. The van der Waals surface area contributed by atoms with E-state index in [4.69, 9.17) is 10.5 Å². The Morgan fingerprint density at radius 2 is 2.00 bits per heavy atom. The molecular formula is C14H20N2O2. The van der Waals surface area contributed by atoms with Gasteiger partial charge < -0.3 is 15.4 Å². The van der Waals surface area contributed by atoms with Crippen LogP contribution in [0.15, 0.2) is 18.2 Å². The first-order valence-electron chi connectivity index (χ1n) is 6.34. The van der Waals surface area contributed by atoms with Crippen molar-refractivity contribution in [3.05, 3.63) is 23.8 Å². The number of methoxy groups -OCH3 is 1. The minimum Gasteiger partial charge on any atom is -0.497 e. The Balaban J connectivity index is 2.15. The van der Waals surface area contributed by atoms with Crippen molar-refractivity contribution in [2.24, 2.45) is 5.92 Å². The number of benzene rings is 1. The van der Waals surface area contributed by atoms with Crippen LogP contribution >= 0.6 is 0 Å². The number of nitrogens with two attached hydrogens (primary N) is 1. The Kier molecular flexibility index (Phi) is 3.75. The highest BCUT2D eigenvalue weighted by Crippen LogP contribution is 2.22. The predicted molar refractivity (Wildman–Crippen MR) is 71.7 cm³/mol. The quantitative estimate of drug-likeness (QED) is 0.816. The first-order chi connectivity index (χ1) is 8.60. The Morgan fingerprint density at radius 3 is 2.61 bits per heavy atom. The van der Waals surface area contributed by atoms with E-state index in [0.717, 1.165) is 25.9 Å². The molecule has 1 heterocycles. The fourth-order valence-corrected chi connectivity index (χ4v) is 2.26. The molecule has 1 aliphatic heterocycles. The van der Waals surface area contributed by atoms with Gasteiger partial charge in [0.2, 0.25) is 0 Å². The van der Waals surface area contributed by atoms with Crippen molar-refractivity contribution in [3.8, 4) is 5.75 Å². The number of carbonyl (C=O) groups excluding carboxylic acids is 1. The molecule has 0 atom stereocenters. The molecular weight excluding hydrogens is 228 g/mol. The van der Waals surface area contributed by atoms with Gasteiger partial charge in [0, 0.05) is 30.4 Å². The molecule has 1 saturated heterocycles. The Morgan fingerprint density at radius 1 is 1.33 bits per heavy atom. The van der Waals surface area contributed by atoms with Crippen LogP contribution in [0.25, 0.3) is 0 Å². The molecule has 2 N–H and O–H groups in total. The molecule has 0 bridgehead atoms. The molecule has 0 spiro atoms. The third-order valence-corrected chi connectivity index (χ3v) is 3.48. The van der Waals surface area contributed by atoms with Gasteiger partial charge in [-0.3, -0.25) is 4.79 Å². The molecule has 4 heteroatoms. The molecule has 18 heavy (non-hydrogen) atoms. The van der Waals surface area contributed by atoms with Crippen LogP contribution in [0.1, 0.15) is 30.1 Å². The molecule has 98 valence electrons. The number of rotatable bonds is 2. The summed E-state index contributed by atoms with van der Waals surface area (Å²) < 4.78 is 5.14.